The zero-order valence-electron chi connectivity index (χ0n) is 15.9. The molecule has 0 atom stereocenters. The Morgan fingerprint density at radius 3 is 2.04 bits per heavy atom. The molecule has 0 amide bonds. The topological polar surface area (TPSA) is 44.8 Å². The molecule has 0 unspecified atom stereocenters. The third-order valence-electron chi connectivity index (χ3n) is 4.03. The summed E-state index contributed by atoms with van der Waals surface area (Å²) in [6.07, 6.45) is 0.849. The van der Waals surface area contributed by atoms with Crippen LogP contribution in [0, 0.1) is 13.8 Å². The largest absolute Gasteiger partial charge is 0.496 e. The van der Waals surface area contributed by atoms with Crippen LogP contribution < -0.4 is 9.47 Å². The van der Waals surface area contributed by atoms with Crippen molar-refractivity contribution in [1.82, 2.24) is 0 Å². The van der Waals surface area contributed by atoms with Crippen LogP contribution in [0.5, 0.6) is 11.5 Å². The molecule has 2 rings (SSSR count). The number of rotatable bonds is 8. The Hall–Kier alpha value is -2.75. The molecule has 0 bridgehead atoms. The molecule has 0 saturated carbocycles. The van der Waals surface area contributed by atoms with Gasteiger partial charge in [0, 0.05) is 5.57 Å². The minimum Gasteiger partial charge on any atom is -0.496 e. The van der Waals surface area contributed by atoms with E-state index in [0.717, 1.165) is 29.0 Å². The first-order valence-corrected chi connectivity index (χ1v) is 8.59. The zero-order chi connectivity index (χ0) is 19.1. The first-order valence-electron chi connectivity index (χ1n) is 8.59. The molecule has 0 spiro atoms. The van der Waals surface area contributed by atoms with Crippen LogP contribution in [0.2, 0.25) is 0 Å². The van der Waals surface area contributed by atoms with Gasteiger partial charge in [0.05, 0.1) is 7.11 Å². The summed E-state index contributed by atoms with van der Waals surface area (Å²) in [7, 11) is 1.68. The van der Waals surface area contributed by atoms with Crippen molar-refractivity contribution in [2.75, 3.05) is 20.3 Å². The van der Waals surface area contributed by atoms with Gasteiger partial charge in [0.2, 0.25) is 0 Å². The van der Waals surface area contributed by atoms with Gasteiger partial charge in [-0.3, -0.25) is 0 Å². The zero-order valence-corrected chi connectivity index (χ0v) is 15.9. The predicted molar refractivity (Wildman–Crippen MR) is 103 cm³/mol. The molecule has 0 heterocycles. The smallest absolute Gasteiger partial charge is 0.333 e. The minimum absolute atomic E-state index is 0.206. The molecule has 0 aromatic heterocycles. The quantitative estimate of drug-likeness (QED) is 0.400. The fourth-order valence-corrected chi connectivity index (χ4v) is 2.68. The highest BCUT2D eigenvalue weighted by molar-refractivity contribution is 5.86. The van der Waals surface area contributed by atoms with Gasteiger partial charge in [-0.2, -0.15) is 0 Å². The summed E-state index contributed by atoms with van der Waals surface area (Å²) in [5.41, 5.74) is 5.03. The van der Waals surface area contributed by atoms with Gasteiger partial charge in [0.1, 0.15) is 24.7 Å². The van der Waals surface area contributed by atoms with Gasteiger partial charge in [0.25, 0.3) is 0 Å². The Morgan fingerprint density at radius 2 is 1.54 bits per heavy atom. The van der Waals surface area contributed by atoms with Crippen LogP contribution >= 0.6 is 0 Å². The van der Waals surface area contributed by atoms with E-state index in [4.69, 9.17) is 14.2 Å². The van der Waals surface area contributed by atoms with E-state index in [9.17, 15) is 4.79 Å². The number of esters is 1. The fourth-order valence-electron chi connectivity index (χ4n) is 2.68. The van der Waals surface area contributed by atoms with Crippen molar-refractivity contribution in [3.8, 4) is 11.5 Å². The number of benzene rings is 2. The molecule has 2 aromatic carbocycles. The van der Waals surface area contributed by atoms with E-state index in [2.05, 4.69) is 30.8 Å². The van der Waals surface area contributed by atoms with Gasteiger partial charge in [-0.25, -0.2) is 4.79 Å². The van der Waals surface area contributed by atoms with Crippen molar-refractivity contribution in [2.24, 2.45) is 0 Å². The SMILES string of the molecule is C=C(C)C(=O)OCCOc1ccc(Cc2ccc(OC)c(C)c2)cc1C. The fraction of sp³-hybridized carbons (Fsp3) is 0.318. The van der Waals surface area contributed by atoms with E-state index in [0.29, 0.717) is 12.2 Å². The summed E-state index contributed by atoms with van der Waals surface area (Å²) < 4.78 is 16.0. The van der Waals surface area contributed by atoms with E-state index in [1.807, 2.05) is 26.0 Å². The highest BCUT2D eigenvalue weighted by Crippen LogP contribution is 2.23. The van der Waals surface area contributed by atoms with Crippen molar-refractivity contribution in [3.05, 3.63) is 70.8 Å². The molecule has 4 heteroatoms. The van der Waals surface area contributed by atoms with Gasteiger partial charge >= 0.3 is 5.97 Å². The third kappa shape index (κ3) is 5.38. The summed E-state index contributed by atoms with van der Waals surface area (Å²) in [5, 5.41) is 0. The van der Waals surface area contributed by atoms with Crippen molar-refractivity contribution in [2.45, 2.75) is 27.2 Å². The third-order valence-corrected chi connectivity index (χ3v) is 4.03. The normalized spacial score (nSPS) is 10.3. The Kier molecular flexibility index (Phi) is 6.84. The van der Waals surface area contributed by atoms with Gasteiger partial charge in [-0.1, -0.05) is 30.8 Å². The van der Waals surface area contributed by atoms with E-state index in [1.165, 1.54) is 11.1 Å². The monoisotopic (exact) mass is 354 g/mol. The molecule has 26 heavy (non-hydrogen) atoms. The van der Waals surface area contributed by atoms with Crippen molar-refractivity contribution >= 4 is 5.97 Å². The number of ether oxygens (including phenoxy) is 3. The minimum atomic E-state index is -0.393. The lowest BCUT2D eigenvalue weighted by molar-refractivity contribution is -0.139. The second kappa shape index (κ2) is 9.09. The number of carbonyl (C=O) groups is 1. The predicted octanol–water partition coefficient (Wildman–Crippen LogP) is 4.40. The average Bonchev–Trinajstić information content (AvgIpc) is 2.60. The van der Waals surface area contributed by atoms with Crippen LogP contribution in [0.4, 0.5) is 0 Å². The number of hydrogen-bond acceptors (Lipinski definition) is 4. The molecule has 0 aliphatic heterocycles. The highest BCUT2D eigenvalue weighted by Gasteiger charge is 2.06. The second-order valence-electron chi connectivity index (χ2n) is 6.35. The molecule has 2 aromatic rings. The lowest BCUT2D eigenvalue weighted by Crippen LogP contribution is -2.12. The maximum Gasteiger partial charge on any atom is 0.333 e. The summed E-state index contributed by atoms with van der Waals surface area (Å²) in [4.78, 5) is 11.3. The number of carbonyl (C=O) groups excluding carboxylic acids is 1. The Bertz CT molecular complexity index is 793. The number of aryl methyl sites for hydroxylation is 2. The van der Waals surface area contributed by atoms with Crippen molar-refractivity contribution < 1.29 is 19.0 Å². The van der Waals surface area contributed by atoms with Crippen LogP contribution in [-0.4, -0.2) is 26.3 Å². The summed E-state index contributed by atoms with van der Waals surface area (Å²) in [6, 6.07) is 12.4. The first-order chi connectivity index (χ1) is 12.4. The van der Waals surface area contributed by atoms with Gasteiger partial charge in [-0.15, -0.1) is 0 Å². The Morgan fingerprint density at radius 1 is 0.962 bits per heavy atom. The molecule has 0 aliphatic carbocycles. The van der Waals surface area contributed by atoms with Crippen LogP contribution in [0.25, 0.3) is 0 Å². The summed E-state index contributed by atoms with van der Waals surface area (Å²) in [6.45, 7) is 9.75. The lowest BCUT2D eigenvalue weighted by atomic mass is 10.0. The van der Waals surface area contributed by atoms with Crippen LogP contribution in [0.3, 0.4) is 0 Å². The van der Waals surface area contributed by atoms with Gasteiger partial charge in [0.15, 0.2) is 0 Å². The molecule has 138 valence electrons. The summed E-state index contributed by atoms with van der Waals surface area (Å²) >= 11 is 0. The molecular weight excluding hydrogens is 328 g/mol. The standard InChI is InChI=1S/C22H26O4/c1-15(2)22(23)26-11-10-25-21-9-7-19(13-17(21)4)14-18-6-8-20(24-5)16(3)12-18/h6-9,12-13H,1,10-11,14H2,2-5H3. The summed E-state index contributed by atoms with van der Waals surface area (Å²) in [5.74, 6) is 1.31. The Labute approximate surface area is 155 Å². The van der Waals surface area contributed by atoms with Gasteiger partial charge < -0.3 is 14.2 Å². The molecule has 0 aliphatic rings. The first kappa shape index (κ1) is 19.6. The van der Waals surface area contributed by atoms with Crippen molar-refractivity contribution in [3.63, 3.8) is 0 Å². The van der Waals surface area contributed by atoms with E-state index < -0.39 is 5.97 Å². The van der Waals surface area contributed by atoms with Crippen LogP contribution in [0.1, 0.15) is 29.2 Å². The maximum atomic E-state index is 11.3. The van der Waals surface area contributed by atoms with Crippen molar-refractivity contribution in [1.29, 1.82) is 0 Å². The number of methoxy groups -OCH3 is 1. The van der Waals surface area contributed by atoms with E-state index in [-0.39, 0.29) is 6.61 Å². The molecule has 4 nitrogen and oxygen atoms in total. The average molecular weight is 354 g/mol. The Balaban J connectivity index is 1.93. The second-order valence-corrected chi connectivity index (χ2v) is 6.35. The number of hydrogen-bond donors (Lipinski definition) is 0. The molecule has 0 saturated heterocycles. The van der Waals surface area contributed by atoms with Gasteiger partial charge in [-0.05, 0) is 61.6 Å². The molecule has 0 radical (unpaired) electrons. The molecule has 0 N–H and O–H groups in total. The van der Waals surface area contributed by atoms with E-state index in [1.54, 1.807) is 14.0 Å². The van der Waals surface area contributed by atoms with Crippen LogP contribution in [-0.2, 0) is 16.0 Å². The molecular formula is C22H26O4. The van der Waals surface area contributed by atoms with Crippen LogP contribution in [0.15, 0.2) is 48.6 Å². The maximum absolute atomic E-state index is 11.3. The lowest BCUT2D eigenvalue weighted by Gasteiger charge is -2.12. The van der Waals surface area contributed by atoms with E-state index >= 15 is 0 Å². The molecule has 0 fully saturated rings. The highest BCUT2D eigenvalue weighted by atomic mass is 16.6.